The average molecular weight is 329 g/mol. The van der Waals surface area contributed by atoms with Gasteiger partial charge >= 0.3 is 6.03 Å². The molecule has 2 N–H and O–H groups in total. The van der Waals surface area contributed by atoms with E-state index in [4.69, 9.17) is 12.2 Å². The highest BCUT2D eigenvalue weighted by Crippen LogP contribution is 2.16. The third-order valence-electron chi connectivity index (χ3n) is 2.38. The molecule has 1 aromatic carbocycles. The molecule has 20 heavy (non-hydrogen) atoms. The first-order valence-electron chi connectivity index (χ1n) is 5.53. The first-order valence-corrected chi connectivity index (χ1v) is 8.07. The van der Waals surface area contributed by atoms with Gasteiger partial charge in [-0.2, -0.15) is 0 Å². The van der Waals surface area contributed by atoms with E-state index in [2.05, 4.69) is 10.1 Å². The van der Waals surface area contributed by atoms with Crippen molar-refractivity contribution >= 4 is 51.2 Å². The Balaban J connectivity index is 1.94. The Labute approximate surface area is 127 Å². The van der Waals surface area contributed by atoms with Crippen LogP contribution in [-0.4, -0.2) is 31.2 Å². The van der Waals surface area contributed by atoms with Crippen LogP contribution in [0, 0.1) is 6.92 Å². The zero-order valence-corrected chi connectivity index (χ0v) is 12.9. The summed E-state index contributed by atoms with van der Waals surface area (Å²) < 4.78 is 14.4. The number of nitrogens with zero attached hydrogens (tertiary/aromatic N) is 1. The van der Waals surface area contributed by atoms with Crippen molar-refractivity contribution in [1.29, 1.82) is 0 Å². The van der Waals surface area contributed by atoms with E-state index in [9.17, 15) is 13.8 Å². The smallest absolute Gasteiger partial charge is 0.272 e. The van der Waals surface area contributed by atoms with Gasteiger partial charge in [0.05, 0.1) is 10.6 Å². The third kappa shape index (κ3) is 3.56. The summed E-state index contributed by atoms with van der Waals surface area (Å²) in [5, 5.41) is 0.974. The molecule has 0 aromatic heterocycles. The van der Waals surface area contributed by atoms with Gasteiger partial charge in [-0.25, -0.2) is 19.4 Å². The number of aryl methyl sites for hydroxylation is 1. The molecular weight excluding hydrogens is 318 g/mol. The molecule has 3 amide bonds. The van der Waals surface area contributed by atoms with E-state index in [1.807, 2.05) is 6.92 Å². The van der Waals surface area contributed by atoms with Crippen molar-refractivity contribution in [2.45, 2.75) is 11.8 Å². The Bertz CT molecular complexity index is 572. The van der Waals surface area contributed by atoms with E-state index < -0.39 is 17.0 Å². The minimum absolute atomic E-state index is 0.195. The lowest BCUT2D eigenvalue weighted by molar-refractivity contribution is -0.125. The fourth-order valence-corrected chi connectivity index (χ4v) is 3.08. The molecule has 6 nitrogen and oxygen atoms in total. The predicted octanol–water partition coefficient (Wildman–Crippen LogP) is 1.09. The zero-order chi connectivity index (χ0) is 14.7. The number of urea groups is 1. The number of carbonyl (C=O) groups excluding carboxylic acids is 2. The van der Waals surface area contributed by atoms with Gasteiger partial charge in [-0.1, -0.05) is 41.7 Å². The molecule has 1 fully saturated rings. The lowest BCUT2D eigenvalue weighted by Gasteiger charge is -2.16. The molecule has 1 aliphatic rings. The molecule has 106 valence electrons. The quantitative estimate of drug-likeness (QED) is 0.812. The van der Waals surface area contributed by atoms with Crippen LogP contribution >= 0.6 is 24.0 Å². The number of hydrogen-bond acceptors (Lipinski definition) is 5. The van der Waals surface area contributed by atoms with Gasteiger partial charge in [-0.3, -0.25) is 9.52 Å². The highest BCUT2D eigenvalue weighted by atomic mass is 32.2. The third-order valence-corrected chi connectivity index (χ3v) is 4.81. The first kappa shape index (κ1) is 14.9. The van der Waals surface area contributed by atoms with Crippen LogP contribution in [0.1, 0.15) is 5.56 Å². The molecule has 9 heteroatoms. The molecule has 0 aliphatic carbocycles. The number of hydrazine groups is 1. The Kier molecular flexibility index (Phi) is 4.73. The lowest BCUT2D eigenvalue weighted by Crippen LogP contribution is -2.49. The number of nitrogens with one attached hydrogen (secondary N) is 2. The number of thiocarbonyl (C=S) groups is 1. The van der Waals surface area contributed by atoms with Crippen LogP contribution in [0.5, 0.6) is 0 Å². The van der Waals surface area contributed by atoms with Crippen molar-refractivity contribution in [3.63, 3.8) is 0 Å². The number of amides is 3. The van der Waals surface area contributed by atoms with E-state index in [1.165, 1.54) is 0 Å². The van der Waals surface area contributed by atoms with Gasteiger partial charge in [0.25, 0.3) is 5.91 Å². The maximum atomic E-state index is 11.9. The number of hydrogen-bond donors (Lipinski definition) is 2. The molecule has 0 radical (unpaired) electrons. The van der Waals surface area contributed by atoms with E-state index in [-0.39, 0.29) is 16.0 Å². The summed E-state index contributed by atoms with van der Waals surface area (Å²) in [6, 6.07) is 6.16. The molecule has 0 spiro atoms. The standard InChI is InChI=1S/C11H11N3O3S3/c1-7-2-4-8(5-3-7)20(17)13-10(16)12-14-9(15)6-19-11(14)18/h2-5H,6H2,1H3,(H2,12,13,16). The molecule has 1 saturated heterocycles. The number of benzene rings is 1. The minimum atomic E-state index is -1.69. The molecule has 1 aliphatic heterocycles. The largest absolute Gasteiger partial charge is 0.346 e. The van der Waals surface area contributed by atoms with E-state index in [0.29, 0.717) is 4.90 Å². The van der Waals surface area contributed by atoms with E-state index >= 15 is 0 Å². The summed E-state index contributed by atoms with van der Waals surface area (Å²) in [5.41, 5.74) is 3.30. The second-order valence-corrected chi connectivity index (χ2v) is 6.73. The molecule has 1 heterocycles. The summed E-state index contributed by atoms with van der Waals surface area (Å²) >= 11 is 6.07. The maximum absolute atomic E-state index is 11.9. The number of rotatable bonds is 3. The van der Waals surface area contributed by atoms with Crippen LogP contribution in [0.25, 0.3) is 0 Å². The second kappa shape index (κ2) is 6.33. The van der Waals surface area contributed by atoms with Gasteiger partial charge in [0.15, 0.2) is 15.3 Å². The van der Waals surface area contributed by atoms with Gasteiger partial charge in [0, 0.05) is 0 Å². The van der Waals surface area contributed by atoms with Crippen LogP contribution in [0.2, 0.25) is 0 Å². The summed E-state index contributed by atoms with van der Waals surface area (Å²) in [4.78, 5) is 23.5. The average Bonchev–Trinajstić information content (AvgIpc) is 2.71. The number of thioether (sulfide) groups is 1. The summed E-state index contributed by atoms with van der Waals surface area (Å²) in [7, 11) is -1.69. The predicted molar refractivity (Wildman–Crippen MR) is 81.2 cm³/mol. The Morgan fingerprint density at radius 2 is 2.05 bits per heavy atom. The van der Waals surface area contributed by atoms with Crippen molar-refractivity contribution in [2.24, 2.45) is 0 Å². The Morgan fingerprint density at radius 3 is 2.60 bits per heavy atom. The van der Waals surface area contributed by atoms with Gasteiger partial charge in [-0.15, -0.1) is 0 Å². The fraction of sp³-hybridized carbons (Fsp3) is 0.182. The van der Waals surface area contributed by atoms with Crippen molar-refractivity contribution in [1.82, 2.24) is 15.2 Å². The topological polar surface area (TPSA) is 78.5 Å². The molecule has 0 bridgehead atoms. The maximum Gasteiger partial charge on any atom is 0.346 e. The van der Waals surface area contributed by atoms with Crippen molar-refractivity contribution in [3.8, 4) is 0 Å². The first-order chi connectivity index (χ1) is 9.47. The fourth-order valence-electron chi connectivity index (χ4n) is 1.39. The van der Waals surface area contributed by atoms with E-state index in [1.54, 1.807) is 24.3 Å². The van der Waals surface area contributed by atoms with Gasteiger partial charge in [0.2, 0.25) is 0 Å². The van der Waals surface area contributed by atoms with Crippen LogP contribution < -0.4 is 10.1 Å². The van der Waals surface area contributed by atoms with Gasteiger partial charge in [0.1, 0.15) is 0 Å². The summed E-state index contributed by atoms with van der Waals surface area (Å²) in [6.45, 7) is 1.91. The number of carbonyl (C=O) groups is 2. The van der Waals surface area contributed by atoms with E-state index in [0.717, 1.165) is 22.3 Å². The minimum Gasteiger partial charge on any atom is -0.272 e. The van der Waals surface area contributed by atoms with Crippen LogP contribution in [-0.2, 0) is 15.8 Å². The SMILES string of the molecule is Cc1ccc(S(=O)NC(=O)NN2C(=O)CSC2=S)cc1. The van der Waals surface area contributed by atoms with Gasteiger partial charge in [-0.05, 0) is 19.1 Å². The highest BCUT2D eigenvalue weighted by Gasteiger charge is 2.28. The summed E-state index contributed by atoms with van der Waals surface area (Å²) in [6.07, 6.45) is 0. The van der Waals surface area contributed by atoms with Crippen LogP contribution in [0.4, 0.5) is 4.79 Å². The molecule has 2 rings (SSSR count). The van der Waals surface area contributed by atoms with Crippen LogP contribution in [0.15, 0.2) is 29.2 Å². The van der Waals surface area contributed by atoms with Crippen molar-refractivity contribution in [3.05, 3.63) is 29.8 Å². The molecule has 1 unspecified atom stereocenters. The zero-order valence-electron chi connectivity index (χ0n) is 10.4. The van der Waals surface area contributed by atoms with Crippen LogP contribution in [0.3, 0.4) is 0 Å². The second-order valence-electron chi connectivity index (χ2n) is 3.91. The monoisotopic (exact) mass is 329 g/mol. The van der Waals surface area contributed by atoms with Crippen molar-refractivity contribution < 1.29 is 13.8 Å². The highest BCUT2D eigenvalue weighted by molar-refractivity contribution is 8.23. The van der Waals surface area contributed by atoms with Crippen molar-refractivity contribution in [2.75, 3.05) is 5.75 Å². The normalized spacial score (nSPS) is 16.1. The Morgan fingerprint density at radius 1 is 1.40 bits per heavy atom. The van der Waals surface area contributed by atoms with Gasteiger partial charge < -0.3 is 0 Å². The molecule has 0 saturated carbocycles. The molecule has 1 aromatic rings. The summed E-state index contributed by atoms with van der Waals surface area (Å²) in [5.74, 6) is -0.114. The molecule has 1 atom stereocenters. The molecular formula is C11H11N3O3S3. The lowest BCUT2D eigenvalue weighted by atomic mass is 10.2. The Hall–Kier alpha value is -1.45.